The third-order valence-corrected chi connectivity index (χ3v) is 4.10. The number of carbonyl (C=O) groups excluding carboxylic acids is 1. The molecule has 2 aromatic carbocycles. The highest BCUT2D eigenvalue weighted by molar-refractivity contribution is 5.95. The van der Waals surface area contributed by atoms with Crippen LogP contribution in [0.2, 0.25) is 0 Å². The Hall–Kier alpha value is -3.22. The second kappa shape index (κ2) is 9.47. The zero-order valence-corrected chi connectivity index (χ0v) is 15.8. The van der Waals surface area contributed by atoms with Crippen molar-refractivity contribution >= 4 is 34.6 Å². The summed E-state index contributed by atoms with van der Waals surface area (Å²) in [6, 6.07) is 11.9. The van der Waals surface area contributed by atoms with Crippen molar-refractivity contribution in [3.63, 3.8) is 0 Å². The molecule has 0 saturated heterocycles. The molecule has 142 valence electrons. The fraction of sp³-hybridized carbons (Fsp3) is 0.300. The first kappa shape index (κ1) is 20.1. The Morgan fingerprint density at radius 3 is 2.30 bits per heavy atom. The van der Waals surface area contributed by atoms with Gasteiger partial charge in [-0.1, -0.05) is 19.1 Å². The minimum absolute atomic E-state index is 0.0696. The Bertz CT molecular complexity index is 845. The monoisotopic (exact) mass is 368 g/mol. The fourth-order valence-electron chi connectivity index (χ4n) is 2.58. The smallest absolute Gasteiger partial charge is 0.337 e. The molecule has 0 unspecified atom stereocenters. The molecule has 0 aliphatic rings. The van der Waals surface area contributed by atoms with Crippen LogP contribution in [-0.2, 0) is 4.79 Å². The number of hydrogen-bond donors (Lipinski definition) is 2. The average molecular weight is 368 g/mol. The summed E-state index contributed by atoms with van der Waals surface area (Å²) < 4.78 is 0. The van der Waals surface area contributed by atoms with Gasteiger partial charge in [-0.3, -0.25) is 4.79 Å². The van der Waals surface area contributed by atoms with E-state index in [1.165, 1.54) is 6.07 Å². The average Bonchev–Trinajstić information content (AvgIpc) is 2.68. The van der Waals surface area contributed by atoms with Crippen molar-refractivity contribution in [3.05, 3.63) is 48.0 Å². The van der Waals surface area contributed by atoms with Gasteiger partial charge in [0.2, 0.25) is 5.91 Å². The predicted octanol–water partition coefficient (Wildman–Crippen LogP) is 4.99. The van der Waals surface area contributed by atoms with Crippen molar-refractivity contribution in [2.75, 3.05) is 23.3 Å². The van der Waals surface area contributed by atoms with Gasteiger partial charge in [-0.2, -0.15) is 0 Å². The highest BCUT2D eigenvalue weighted by Crippen LogP contribution is 2.32. The Morgan fingerprint density at radius 1 is 1.00 bits per heavy atom. The maximum atomic E-state index is 11.9. The number of rotatable bonds is 8. The van der Waals surface area contributed by atoms with Gasteiger partial charge >= 0.3 is 5.97 Å². The molecule has 1 amide bonds. The number of benzene rings is 2. The van der Waals surface area contributed by atoms with Gasteiger partial charge in [-0.25, -0.2) is 4.79 Å². The minimum atomic E-state index is -1.07. The van der Waals surface area contributed by atoms with E-state index in [9.17, 15) is 14.7 Å². The Labute approximate surface area is 158 Å². The minimum Gasteiger partial charge on any atom is -0.478 e. The molecule has 2 aromatic rings. The summed E-state index contributed by atoms with van der Waals surface area (Å²) in [4.78, 5) is 25.4. The Morgan fingerprint density at radius 2 is 1.67 bits per heavy atom. The van der Waals surface area contributed by atoms with Crippen LogP contribution in [0.3, 0.4) is 0 Å². The van der Waals surface area contributed by atoms with Crippen molar-refractivity contribution in [1.82, 2.24) is 0 Å². The van der Waals surface area contributed by atoms with Gasteiger partial charge in [0.05, 0.1) is 11.3 Å². The number of aromatic carboxylic acids is 1. The molecule has 0 saturated carbocycles. The summed E-state index contributed by atoms with van der Waals surface area (Å²) in [6.07, 6.45) is 0.341. The maximum Gasteiger partial charge on any atom is 0.337 e. The lowest BCUT2D eigenvalue weighted by molar-refractivity contribution is -0.115. The molecule has 7 nitrogen and oxygen atoms in total. The first-order valence-corrected chi connectivity index (χ1v) is 8.93. The number of nitrogens with one attached hydrogen (secondary N) is 1. The van der Waals surface area contributed by atoms with E-state index in [0.29, 0.717) is 17.8 Å². The molecule has 0 fully saturated rings. The third kappa shape index (κ3) is 5.13. The molecule has 0 spiro atoms. The van der Waals surface area contributed by atoms with Crippen molar-refractivity contribution in [2.24, 2.45) is 10.2 Å². The molecule has 0 radical (unpaired) electrons. The standard InChI is InChI=1S/C20H24N4O3/c1-4-19(25)21-18-13-14(24(5-2)6-3)11-12-17(18)23-22-16-10-8-7-9-15(16)20(26)27/h7-13H,4-6H2,1-3H3,(H,21,25)(H,26,27). The molecule has 0 aromatic heterocycles. The van der Waals surface area contributed by atoms with E-state index in [1.807, 2.05) is 12.1 Å². The van der Waals surface area contributed by atoms with Crippen LogP contribution in [0.25, 0.3) is 0 Å². The second-order valence-corrected chi connectivity index (χ2v) is 5.80. The molecule has 0 aliphatic heterocycles. The van der Waals surface area contributed by atoms with E-state index in [0.717, 1.165) is 18.8 Å². The summed E-state index contributed by atoms with van der Waals surface area (Å²) >= 11 is 0. The molecule has 0 atom stereocenters. The summed E-state index contributed by atoms with van der Waals surface area (Å²) in [5, 5.41) is 20.4. The van der Waals surface area contributed by atoms with Crippen LogP contribution < -0.4 is 10.2 Å². The summed E-state index contributed by atoms with van der Waals surface area (Å²) in [7, 11) is 0. The van der Waals surface area contributed by atoms with Crippen LogP contribution in [0.15, 0.2) is 52.7 Å². The van der Waals surface area contributed by atoms with Crippen molar-refractivity contribution < 1.29 is 14.7 Å². The lowest BCUT2D eigenvalue weighted by atomic mass is 10.2. The first-order chi connectivity index (χ1) is 13.0. The SMILES string of the molecule is CCC(=O)Nc1cc(N(CC)CC)ccc1N=Nc1ccccc1C(=O)O. The van der Waals surface area contributed by atoms with E-state index >= 15 is 0 Å². The molecule has 0 heterocycles. The second-order valence-electron chi connectivity index (χ2n) is 5.80. The molecule has 2 rings (SSSR count). The van der Waals surface area contributed by atoms with Gasteiger partial charge < -0.3 is 15.3 Å². The highest BCUT2D eigenvalue weighted by atomic mass is 16.4. The van der Waals surface area contributed by atoms with Crippen LogP contribution in [0.5, 0.6) is 0 Å². The highest BCUT2D eigenvalue weighted by Gasteiger charge is 2.11. The van der Waals surface area contributed by atoms with Crippen molar-refractivity contribution in [1.29, 1.82) is 0 Å². The van der Waals surface area contributed by atoms with Crippen LogP contribution >= 0.6 is 0 Å². The summed E-state index contributed by atoms with van der Waals surface area (Å²) in [5.74, 6) is -1.20. The van der Waals surface area contributed by atoms with Gasteiger partial charge in [0.25, 0.3) is 0 Å². The third-order valence-electron chi connectivity index (χ3n) is 4.10. The molecule has 7 heteroatoms. The summed E-state index contributed by atoms with van der Waals surface area (Å²) in [5.41, 5.74) is 2.30. The fourth-order valence-corrected chi connectivity index (χ4v) is 2.58. The van der Waals surface area contributed by atoms with Gasteiger partial charge in [0, 0.05) is 25.2 Å². The van der Waals surface area contributed by atoms with Gasteiger partial charge in [-0.15, -0.1) is 10.2 Å². The topological polar surface area (TPSA) is 94.4 Å². The van der Waals surface area contributed by atoms with Gasteiger partial charge in [0.15, 0.2) is 0 Å². The Balaban J connectivity index is 2.43. The van der Waals surface area contributed by atoms with Gasteiger partial charge in [-0.05, 0) is 44.2 Å². The number of carboxylic acid groups (broad SMARTS) is 1. The number of carboxylic acids is 1. The van der Waals surface area contributed by atoms with Crippen LogP contribution in [-0.4, -0.2) is 30.1 Å². The molecule has 27 heavy (non-hydrogen) atoms. The van der Waals surface area contributed by atoms with Gasteiger partial charge in [0.1, 0.15) is 11.4 Å². The first-order valence-electron chi connectivity index (χ1n) is 8.93. The van der Waals surface area contributed by atoms with E-state index in [4.69, 9.17) is 0 Å². The van der Waals surface area contributed by atoms with Crippen LogP contribution in [0.1, 0.15) is 37.6 Å². The zero-order valence-electron chi connectivity index (χ0n) is 15.8. The normalized spacial score (nSPS) is 10.8. The predicted molar refractivity (Wildman–Crippen MR) is 107 cm³/mol. The molecule has 0 aliphatic carbocycles. The largest absolute Gasteiger partial charge is 0.478 e. The molecular formula is C20H24N4O3. The quantitative estimate of drug-likeness (QED) is 0.641. The van der Waals surface area contributed by atoms with E-state index < -0.39 is 5.97 Å². The van der Waals surface area contributed by atoms with Crippen molar-refractivity contribution in [2.45, 2.75) is 27.2 Å². The Kier molecular flexibility index (Phi) is 7.05. The molecular weight excluding hydrogens is 344 g/mol. The number of hydrogen-bond acceptors (Lipinski definition) is 5. The van der Waals surface area contributed by atoms with Crippen LogP contribution in [0, 0.1) is 0 Å². The molecule has 2 N–H and O–H groups in total. The number of amides is 1. The number of azo groups is 1. The van der Waals surface area contributed by atoms with E-state index in [-0.39, 0.29) is 17.2 Å². The number of anilines is 2. The zero-order chi connectivity index (χ0) is 19.8. The number of nitrogens with zero attached hydrogens (tertiary/aromatic N) is 3. The lowest BCUT2D eigenvalue weighted by Gasteiger charge is -2.22. The molecule has 0 bridgehead atoms. The number of carbonyl (C=O) groups is 2. The van der Waals surface area contributed by atoms with E-state index in [2.05, 4.69) is 34.3 Å². The summed E-state index contributed by atoms with van der Waals surface area (Å²) in [6.45, 7) is 7.57. The maximum absolute atomic E-state index is 11.9. The van der Waals surface area contributed by atoms with E-state index in [1.54, 1.807) is 31.2 Å². The lowest BCUT2D eigenvalue weighted by Crippen LogP contribution is -2.22. The van der Waals surface area contributed by atoms with Crippen molar-refractivity contribution in [3.8, 4) is 0 Å². The van der Waals surface area contributed by atoms with Crippen LogP contribution in [0.4, 0.5) is 22.7 Å².